The first-order chi connectivity index (χ1) is 12.0. The summed E-state index contributed by atoms with van der Waals surface area (Å²) >= 11 is 0. The monoisotopic (exact) mass is 338 g/mol. The van der Waals surface area contributed by atoms with Gasteiger partial charge in [0.15, 0.2) is 0 Å². The van der Waals surface area contributed by atoms with Gasteiger partial charge in [0.1, 0.15) is 5.75 Å². The number of carbonyl (C=O) groups is 2. The van der Waals surface area contributed by atoms with E-state index in [1.807, 2.05) is 31.2 Å². The van der Waals surface area contributed by atoms with Crippen LogP contribution in [0, 0.1) is 12.8 Å². The minimum atomic E-state index is -0.432. The number of rotatable bonds is 4. The van der Waals surface area contributed by atoms with Crippen LogP contribution in [-0.2, 0) is 16.0 Å². The lowest BCUT2D eigenvalue weighted by molar-refractivity contribution is -0.122. The summed E-state index contributed by atoms with van der Waals surface area (Å²) in [5.74, 6) is -0.715. The molecule has 130 valence electrons. The molecule has 1 aliphatic heterocycles. The van der Waals surface area contributed by atoms with Crippen LogP contribution in [0.5, 0.6) is 5.75 Å². The molecule has 2 N–H and O–H groups in total. The van der Waals surface area contributed by atoms with Crippen LogP contribution in [0.1, 0.15) is 24.5 Å². The number of hydrogen-bond donors (Lipinski definition) is 2. The van der Waals surface area contributed by atoms with Gasteiger partial charge in [0.25, 0.3) is 0 Å². The van der Waals surface area contributed by atoms with Gasteiger partial charge in [-0.05, 0) is 48.7 Å². The second-order valence-electron chi connectivity index (χ2n) is 6.44. The van der Waals surface area contributed by atoms with Crippen LogP contribution in [0.3, 0.4) is 0 Å². The molecule has 2 amide bonds. The zero-order valence-electron chi connectivity index (χ0n) is 14.5. The third-order valence-electron chi connectivity index (χ3n) is 4.56. The molecule has 3 rings (SSSR count). The Labute approximate surface area is 147 Å². The second-order valence-corrected chi connectivity index (χ2v) is 6.44. The van der Waals surface area contributed by atoms with Crippen molar-refractivity contribution < 1.29 is 14.7 Å². The Balaban J connectivity index is 1.70. The van der Waals surface area contributed by atoms with Crippen molar-refractivity contribution in [2.24, 2.45) is 5.92 Å². The Morgan fingerprint density at radius 1 is 1.24 bits per heavy atom. The fourth-order valence-electron chi connectivity index (χ4n) is 3.03. The summed E-state index contributed by atoms with van der Waals surface area (Å²) in [5, 5.41) is 12.6. The highest BCUT2D eigenvalue weighted by Gasteiger charge is 2.35. The number of amides is 2. The van der Waals surface area contributed by atoms with Crippen LogP contribution in [0.4, 0.5) is 11.4 Å². The van der Waals surface area contributed by atoms with Gasteiger partial charge in [0.2, 0.25) is 11.8 Å². The fraction of sp³-hybridized carbons (Fsp3) is 0.300. The van der Waals surface area contributed by atoms with Crippen molar-refractivity contribution in [3.63, 3.8) is 0 Å². The van der Waals surface area contributed by atoms with Gasteiger partial charge in [-0.1, -0.05) is 25.1 Å². The number of hydrogen-bond acceptors (Lipinski definition) is 3. The second kappa shape index (κ2) is 6.97. The molecular weight excluding hydrogens is 316 g/mol. The Kier molecular flexibility index (Phi) is 4.74. The number of phenols is 1. The van der Waals surface area contributed by atoms with Crippen LogP contribution >= 0.6 is 0 Å². The molecule has 5 heteroatoms. The van der Waals surface area contributed by atoms with Crippen LogP contribution in [0.25, 0.3) is 0 Å². The highest BCUT2D eigenvalue weighted by Crippen LogP contribution is 2.28. The number of carbonyl (C=O) groups excluding carboxylic acids is 2. The molecule has 1 saturated heterocycles. The van der Waals surface area contributed by atoms with E-state index >= 15 is 0 Å². The molecule has 1 unspecified atom stereocenters. The van der Waals surface area contributed by atoms with Crippen LogP contribution in [-0.4, -0.2) is 23.5 Å². The van der Waals surface area contributed by atoms with E-state index < -0.39 is 5.92 Å². The summed E-state index contributed by atoms with van der Waals surface area (Å²) in [7, 11) is 0. The first-order valence-corrected chi connectivity index (χ1v) is 8.47. The van der Waals surface area contributed by atoms with Crippen LogP contribution in [0.15, 0.2) is 42.5 Å². The highest BCUT2D eigenvalue weighted by molar-refractivity contribution is 6.03. The minimum Gasteiger partial charge on any atom is -0.506 e. The minimum absolute atomic E-state index is 0.0234. The van der Waals surface area contributed by atoms with Crippen molar-refractivity contribution in [1.29, 1.82) is 0 Å². The number of phenolic OH excluding ortho intramolecular Hbond substituents is 1. The summed E-state index contributed by atoms with van der Waals surface area (Å²) in [6.07, 6.45) is 1.12. The quantitative estimate of drug-likeness (QED) is 0.841. The Morgan fingerprint density at radius 3 is 2.64 bits per heavy atom. The van der Waals surface area contributed by atoms with Crippen molar-refractivity contribution in [2.75, 3.05) is 16.8 Å². The molecule has 2 aromatic carbocycles. The summed E-state index contributed by atoms with van der Waals surface area (Å²) in [6, 6.07) is 12.9. The molecular formula is C20H22N2O3. The van der Waals surface area contributed by atoms with Gasteiger partial charge in [0, 0.05) is 18.7 Å². The zero-order chi connectivity index (χ0) is 18.0. The van der Waals surface area contributed by atoms with Crippen LogP contribution in [0.2, 0.25) is 0 Å². The molecule has 0 bridgehead atoms. The molecule has 1 heterocycles. The summed E-state index contributed by atoms with van der Waals surface area (Å²) in [4.78, 5) is 26.5. The van der Waals surface area contributed by atoms with E-state index in [9.17, 15) is 14.7 Å². The predicted molar refractivity (Wildman–Crippen MR) is 97.8 cm³/mol. The van der Waals surface area contributed by atoms with Gasteiger partial charge in [-0.15, -0.1) is 0 Å². The Bertz CT molecular complexity index is 799. The van der Waals surface area contributed by atoms with Gasteiger partial charge >= 0.3 is 0 Å². The molecule has 5 nitrogen and oxygen atoms in total. The molecule has 0 aromatic heterocycles. The van der Waals surface area contributed by atoms with E-state index in [0.717, 1.165) is 17.7 Å². The van der Waals surface area contributed by atoms with E-state index in [1.165, 1.54) is 5.56 Å². The largest absolute Gasteiger partial charge is 0.506 e. The van der Waals surface area contributed by atoms with Gasteiger partial charge in [-0.25, -0.2) is 0 Å². The van der Waals surface area contributed by atoms with E-state index in [0.29, 0.717) is 12.2 Å². The maximum Gasteiger partial charge on any atom is 0.229 e. The summed E-state index contributed by atoms with van der Waals surface area (Å²) in [5.41, 5.74) is 3.34. The van der Waals surface area contributed by atoms with E-state index in [1.54, 1.807) is 23.1 Å². The highest BCUT2D eigenvalue weighted by atomic mass is 16.3. The van der Waals surface area contributed by atoms with Gasteiger partial charge < -0.3 is 15.3 Å². The Hall–Kier alpha value is -2.82. The standard InChI is InChI=1S/C20H22N2O3/c1-3-14-5-7-16(8-6-14)22-12-15(11-19(22)24)20(25)21-17-10-13(2)4-9-18(17)23/h4-10,15,23H,3,11-12H2,1-2H3,(H,21,25). The zero-order valence-corrected chi connectivity index (χ0v) is 14.5. The molecule has 0 aliphatic carbocycles. The molecule has 2 aromatic rings. The number of aromatic hydroxyl groups is 1. The third kappa shape index (κ3) is 3.65. The first-order valence-electron chi connectivity index (χ1n) is 8.47. The first kappa shape index (κ1) is 17.0. The van der Waals surface area contributed by atoms with Crippen molar-refractivity contribution >= 4 is 23.2 Å². The average molecular weight is 338 g/mol. The fourth-order valence-corrected chi connectivity index (χ4v) is 3.03. The molecule has 1 atom stereocenters. The van der Waals surface area contributed by atoms with Gasteiger partial charge in [-0.2, -0.15) is 0 Å². The van der Waals surface area contributed by atoms with Crippen molar-refractivity contribution in [3.05, 3.63) is 53.6 Å². The maximum absolute atomic E-state index is 12.5. The lowest BCUT2D eigenvalue weighted by Crippen LogP contribution is -2.28. The van der Waals surface area contributed by atoms with Crippen molar-refractivity contribution in [2.45, 2.75) is 26.7 Å². The predicted octanol–water partition coefficient (Wildman–Crippen LogP) is 3.25. The topological polar surface area (TPSA) is 69.6 Å². The van der Waals surface area contributed by atoms with Gasteiger partial charge in [0.05, 0.1) is 11.6 Å². The molecule has 1 aliphatic rings. The number of nitrogens with one attached hydrogen (secondary N) is 1. The molecule has 0 radical (unpaired) electrons. The third-order valence-corrected chi connectivity index (χ3v) is 4.56. The molecule has 0 saturated carbocycles. The SMILES string of the molecule is CCc1ccc(N2CC(C(=O)Nc3cc(C)ccc3O)CC2=O)cc1. The van der Waals surface area contributed by atoms with Gasteiger partial charge in [-0.3, -0.25) is 9.59 Å². The smallest absolute Gasteiger partial charge is 0.229 e. The number of nitrogens with zero attached hydrogens (tertiary/aromatic N) is 1. The maximum atomic E-state index is 12.5. The average Bonchev–Trinajstić information content (AvgIpc) is 3.00. The molecule has 0 spiro atoms. The van der Waals surface area contributed by atoms with E-state index in [-0.39, 0.29) is 24.0 Å². The van der Waals surface area contributed by atoms with E-state index in [2.05, 4.69) is 12.2 Å². The number of aryl methyl sites for hydroxylation is 2. The number of benzene rings is 2. The van der Waals surface area contributed by atoms with Crippen LogP contribution < -0.4 is 10.2 Å². The summed E-state index contributed by atoms with van der Waals surface area (Å²) in [6.45, 7) is 4.32. The molecule has 25 heavy (non-hydrogen) atoms. The molecule has 1 fully saturated rings. The summed E-state index contributed by atoms with van der Waals surface area (Å²) < 4.78 is 0. The number of anilines is 2. The normalized spacial score (nSPS) is 17.0. The lowest BCUT2D eigenvalue weighted by atomic mass is 10.1. The van der Waals surface area contributed by atoms with E-state index in [4.69, 9.17) is 0 Å². The Morgan fingerprint density at radius 2 is 1.96 bits per heavy atom. The van der Waals surface area contributed by atoms with Crippen molar-refractivity contribution in [3.8, 4) is 5.75 Å². The van der Waals surface area contributed by atoms with Crippen molar-refractivity contribution in [1.82, 2.24) is 0 Å². The lowest BCUT2D eigenvalue weighted by Gasteiger charge is -2.17.